The van der Waals surface area contributed by atoms with E-state index in [-0.39, 0.29) is 23.0 Å². The first-order valence-corrected chi connectivity index (χ1v) is 10.3. The molecule has 31 heavy (non-hydrogen) atoms. The van der Waals surface area contributed by atoms with Crippen molar-refractivity contribution in [2.24, 2.45) is 4.99 Å². The maximum absolute atomic E-state index is 9.40. The van der Waals surface area contributed by atoms with Crippen LogP contribution in [0.1, 0.15) is 61.8 Å². The van der Waals surface area contributed by atoms with Crippen LogP contribution >= 0.6 is 0 Å². The van der Waals surface area contributed by atoms with E-state index in [1.807, 2.05) is 36.5 Å². The molecule has 1 aliphatic rings. The van der Waals surface area contributed by atoms with Gasteiger partial charge in [0.25, 0.3) is 0 Å². The minimum absolute atomic E-state index is 0.0193. The molecule has 2 heterocycles. The Morgan fingerprint density at radius 2 is 1.87 bits per heavy atom. The summed E-state index contributed by atoms with van der Waals surface area (Å²) in [5.74, 6) is 1.38. The van der Waals surface area contributed by atoms with Crippen LogP contribution in [0.3, 0.4) is 0 Å². The predicted octanol–water partition coefficient (Wildman–Crippen LogP) is 3.41. The Hall–Kier alpha value is -3.98. The topological polar surface area (TPSA) is 158 Å². The molecule has 1 aromatic carbocycles. The largest absolute Gasteiger partial charge is 0.494 e. The zero-order chi connectivity index (χ0) is 22.2. The number of aromatic nitrogens is 1. The van der Waals surface area contributed by atoms with E-state index in [4.69, 9.17) is 21.5 Å². The Kier molecular flexibility index (Phi) is 7.13. The molecule has 1 aliphatic heterocycles. The van der Waals surface area contributed by atoms with Crippen molar-refractivity contribution in [1.29, 1.82) is 10.5 Å². The molecule has 2 aromatic rings. The number of nitrogens with zero attached hydrogens (tertiary/aromatic N) is 4. The van der Waals surface area contributed by atoms with E-state index in [9.17, 15) is 5.26 Å². The number of rotatable bonds is 8. The maximum atomic E-state index is 9.40. The van der Waals surface area contributed by atoms with Crippen LogP contribution in [0, 0.1) is 22.8 Å². The molecule has 0 amide bonds. The molecular weight excluding hydrogens is 392 g/mol. The first kappa shape index (κ1) is 21.7. The first-order chi connectivity index (χ1) is 15.1. The van der Waals surface area contributed by atoms with Gasteiger partial charge in [0.05, 0.1) is 12.3 Å². The smallest absolute Gasteiger partial charge is 0.211 e. The number of nitrogen functional groups attached to an aromatic ring is 2. The number of nitrogens with one attached hydrogen (secondary N) is 2. The summed E-state index contributed by atoms with van der Waals surface area (Å²) in [4.78, 5) is 8.79. The summed E-state index contributed by atoms with van der Waals surface area (Å²) in [7, 11) is 0. The predicted molar refractivity (Wildman–Crippen MR) is 120 cm³/mol. The molecule has 160 valence electrons. The van der Waals surface area contributed by atoms with Crippen LogP contribution in [0.2, 0.25) is 0 Å². The minimum atomic E-state index is -0.560. The number of guanidine groups is 1. The maximum Gasteiger partial charge on any atom is 0.211 e. The number of pyridine rings is 1. The van der Waals surface area contributed by atoms with Gasteiger partial charge in [-0.05, 0) is 24.1 Å². The number of hydrogen-bond donors (Lipinski definition) is 4. The number of nitriles is 2. The molecule has 9 heteroatoms. The lowest BCUT2D eigenvalue weighted by Gasteiger charge is -2.26. The lowest BCUT2D eigenvalue weighted by molar-refractivity contribution is 0.304. The molecule has 1 unspecified atom stereocenters. The Bertz CT molecular complexity index is 1030. The van der Waals surface area contributed by atoms with E-state index in [0.29, 0.717) is 18.0 Å². The van der Waals surface area contributed by atoms with E-state index in [2.05, 4.69) is 27.5 Å². The van der Waals surface area contributed by atoms with Gasteiger partial charge in [-0.25, -0.2) is 9.98 Å². The van der Waals surface area contributed by atoms with Crippen LogP contribution in [0.4, 0.5) is 17.3 Å². The van der Waals surface area contributed by atoms with E-state index in [0.717, 1.165) is 24.2 Å². The van der Waals surface area contributed by atoms with Crippen LogP contribution in [-0.4, -0.2) is 17.6 Å². The highest BCUT2D eigenvalue weighted by molar-refractivity contribution is 5.98. The van der Waals surface area contributed by atoms with Gasteiger partial charge in [-0.1, -0.05) is 44.7 Å². The standard InChI is InChI=1S/C22H26N8O/c1-2-3-4-5-6-11-31-15-9-7-14(8-10-15)19-17-18(25)16(12-23)20(26)29-21(17)30-22(28-19)27-13-24/h7-10,19H,2-6,11H2,1H3,(H6,25,26,27,28,29,30). The number of ether oxygens (including phenoxy) is 1. The zero-order valence-corrected chi connectivity index (χ0v) is 17.5. The second-order valence-electron chi connectivity index (χ2n) is 7.23. The Morgan fingerprint density at radius 3 is 2.55 bits per heavy atom. The summed E-state index contributed by atoms with van der Waals surface area (Å²) in [6.45, 7) is 2.87. The van der Waals surface area contributed by atoms with Crippen LogP contribution in [0.15, 0.2) is 29.3 Å². The van der Waals surface area contributed by atoms with Crippen molar-refractivity contribution in [3.63, 3.8) is 0 Å². The van der Waals surface area contributed by atoms with Gasteiger partial charge in [-0.2, -0.15) is 10.5 Å². The Labute approximate surface area is 181 Å². The average molecular weight is 419 g/mol. The quantitative estimate of drug-likeness (QED) is 0.288. The molecule has 6 N–H and O–H groups in total. The van der Waals surface area contributed by atoms with Crippen LogP contribution in [0.25, 0.3) is 0 Å². The van der Waals surface area contributed by atoms with Crippen molar-refractivity contribution in [1.82, 2.24) is 10.3 Å². The van der Waals surface area contributed by atoms with Gasteiger partial charge in [0.15, 0.2) is 6.19 Å². The Morgan fingerprint density at radius 1 is 1.13 bits per heavy atom. The van der Waals surface area contributed by atoms with Crippen molar-refractivity contribution in [3.05, 3.63) is 41.0 Å². The third-order valence-electron chi connectivity index (χ3n) is 5.07. The van der Waals surface area contributed by atoms with E-state index < -0.39 is 6.04 Å². The lowest BCUT2D eigenvalue weighted by Crippen LogP contribution is -2.32. The van der Waals surface area contributed by atoms with E-state index in [1.54, 1.807) is 0 Å². The second-order valence-corrected chi connectivity index (χ2v) is 7.23. The van der Waals surface area contributed by atoms with E-state index in [1.165, 1.54) is 19.3 Å². The number of hydrogen-bond acceptors (Lipinski definition) is 9. The summed E-state index contributed by atoms with van der Waals surface area (Å²) >= 11 is 0. The van der Waals surface area contributed by atoms with Gasteiger partial charge in [0.1, 0.15) is 35.1 Å². The number of unbranched alkanes of at least 4 members (excludes halogenated alkanes) is 4. The molecule has 1 atom stereocenters. The molecule has 9 nitrogen and oxygen atoms in total. The highest BCUT2D eigenvalue weighted by atomic mass is 16.5. The van der Waals surface area contributed by atoms with Crippen molar-refractivity contribution < 1.29 is 4.74 Å². The molecule has 0 saturated carbocycles. The number of benzene rings is 1. The van der Waals surface area contributed by atoms with Gasteiger partial charge in [0, 0.05) is 5.56 Å². The molecule has 1 aromatic heterocycles. The SMILES string of the molecule is CCCCCCCOc1ccc(C2N=C(NC#N)Nc3nc(N)c(C#N)c(N)c32)cc1. The second kappa shape index (κ2) is 10.2. The van der Waals surface area contributed by atoms with Crippen molar-refractivity contribution in [3.8, 4) is 18.0 Å². The third-order valence-corrected chi connectivity index (χ3v) is 5.07. The van der Waals surface area contributed by atoms with Crippen molar-refractivity contribution in [2.75, 3.05) is 23.4 Å². The normalized spacial score (nSPS) is 14.4. The fraction of sp³-hybridized carbons (Fsp3) is 0.364. The summed E-state index contributed by atoms with van der Waals surface area (Å²) in [5, 5.41) is 23.8. The highest BCUT2D eigenvalue weighted by Gasteiger charge is 2.29. The van der Waals surface area contributed by atoms with Gasteiger partial charge < -0.3 is 21.5 Å². The fourth-order valence-corrected chi connectivity index (χ4v) is 3.46. The van der Waals surface area contributed by atoms with Gasteiger partial charge in [-0.3, -0.25) is 5.32 Å². The molecule has 0 bridgehead atoms. The van der Waals surface area contributed by atoms with Gasteiger partial charge in [-0.15, -0.1) is 0 Å². The number of nitrogens with two attached hydrogens (primary N) is 2. The van der Waals surface area contributed by atoms with Gasteiger partial charge in [0.2, 0.25) is 5.96 Å². The monoisotopic (exact) mass is 418 g/mol. The highest BCUT2D eigenvalue weighted by Crippen LogP contribution is 2.40. The van der Waals surface area contributed by atoms with Crippen LogP contribution in [0.5, 0.6) is 5.75 Å². The van der Waals surface area contributed by atoms with Gasteiger partial charge >= 0.3 is 0 Å². The molecular formula is C22H26N8O. The molecule has 0 radical (unpaired) electrons. The number of anilines is 3. The number of aliphatic imine (C=N–C) groups is 1. The molecule has 3 rings (SSSR count). The van der Waals surface area contributed by atoms with Crippen molar-refractivity contribution >= 4 is 23.3 Å². The molecule has 0 saturated heterocycles. The molecule has 0 aliphatic carbocycles. The Balaban J connectivity index is 1.83. The average Bonchev–Trinajstić information content (AvgIpc) is 2.76. The fourth-order valence-electron chi connectivity index (χ4n) is 3.46. The summed E-state index contributed by atoms with van der Waals surface area (Å²) in [6.07, 6.45) is 7.74. The molecule has 0 fully saturated rings. The minimum Gasteiger partial charge on any atom is -0.494 e. The summed E-state index contributed by atoms with van der Waals surface area (Å²) < 4.78 is 5.83. The van der Waals surface area contributed by atoms with E-state index >= 15 is 0 Å². The first-order valence-electron chi connectivity index (χ1n) is 10.3. The third kappa shape index (κ3) is 4.96. The summed E-state index contributed by atoms with van der Waals surface area (Å²) in [6, 6.07) is 8.97. The van der Waals surface area contributed by atoms with Crippen LogP contribution < -0.4 is 26.8 Å². The van der Waals surface area contributed by atoms with Crippen LogP contribution in [-0.2, 0) is 0 Å². The number of fused-ring (bicyclic) bond motifs is 1. The summed E-state index contributed by atoms with van der Waals surface area (Å²) in [5.41, 5.74) is 13.8. The zero-order valence-electron chi connectivity index (χ0n) is 17.5. The molecule has 0 spiro atoms. The lowest BCUT2D eigenvalue weighted by atomic mass is 9.95. The van der Waals surface area contributed by atoms with Crippen molar-refractivity contribution in [2.45, 2.75) is 45.1 Å².